The smallest absolute Gasteiger partial charge is 0.276 e. The third-order valence-corrected chi connectivity index (χ3v) is 4.96. The molecule has 1 amide bonds. The van der Waals surface area contributed by atoms with Gasteiger partial charge in [-0.2, -0.15) is 5.10 Å². The highest BCUT2D eigenvalue weighted by molar-refractivity contribution is 6.42. The quantitative estimate of drug-likeness (QED) is 0.470. The summed E-state index contributed by atoms with van der Waals surface area (Å²) in [6, 6.07) is 15.2. The molecule has 1 aromatic heterocycles. The number of hydrogen-bond acceptors (Lipinski definition) is 3. The molecule has 0 saturated carbocycles. The van der Waals surface area contributed by atoms with E-state index in [1.807, 2.05) is 0 Å². The molecule has 2 aromatic carbocycles. The number of nitrogens with one attached hydrogen (secondary N) is 1. The third-order valence-electron chi connectivity index (χ3n) is 3.88. The lowest BCUT2D eigenvalue weighted by atomic mass is 10.2. The van der Waals surface area contributed by atoms with E-state index in [0.29, 0.717) is 20.6 Å². The fraction of sp³-hybridized carbons (Fsp3) is 0.0500. The lowest BCUT2D eigenvalue weighted by Crippen LogP contribution is -2.30. The monoisotopic (exact) mass is 433 g/mol. The van der Waals surface area contributed by atoms with Crippen molar-refractivity contribution in [1.29, 1.82) is 0 Å². The summed E-state index contributed by atoms with van der Waals surface area (Å²) in [6.07, 6.45) is 3.01. The normalized spacial score (nSPS) is 11.0. The number of rotatable bonds is 5. The van der Waals surface area contributed by atoms with Crippen molar-refractivity contribution in [3.63, 3.8) is 0 Å². The Bertz CT molecular complexity index is 1110. The van der Waals surface area contributed by atoms with Crippen molar-refractivity contribution in [3.05, 3.63) is 103 Å². The van der Waals surface area contributed by atoms with Crippen LogP contribution < -0.4 is 11.0 Å². The lowest BCUT2D eigenvalue weighted by molar-refractivity contribution is 0.0953. The van der Waals surface area contributed by atoms with Gasteiger partial charge in [0.05, 0.1) is 22.8 Å². The zero-order valence-electron chi connectivity index (χ0n) is 14.4. The van der Waals surface area contributed by atoms with Crippen molar-refractivity contribution in [2.75, 3.05) is 0 Å². The minimum atomic E-state index is -0.614. The molecule has 0 spiro atoms. The van der Waals surface area contributed by atoms with Gasteiger partial charge in [-0.3, -0.25) is 9.59 Å². The molecule has 1 N–H and O–H groups in total. The van der Waals surface area contributed by atoms with E-state index < -0.39 is 11.5 Å². The minimum Gasteiger partial charge on any atom is -0.310 e. The van der Waals surface area contributed by atoms with Crippen LogP contribution in [0, 0.1) is 0 Å². The summed E-state index contributed by atoms with van der Waals surface area (Å²) < 4.78 is 1.41. The predicted molar refractivity (Wildman–Crippen MR) is 113 cm³/mol. The Labute approximate surface area is 176 Å². The van der Waals surface area contributed by atoms with Crippen LogP contribution in [0.2, 0.25) is 15.1 Å². The standard InChI is InChI=1S/C20H14Cl3N3O2/c21-16-6-2-1-4-14(16)11-24-25-19(27)15-5-3-9-26(20(15)28)12-13-7-8-17(22)18(23)10-13/h1-11H,12H2,(H,25,27)/b24-11-. The molecular weight excluding hydrogens is 421 g/mol. The highest BCUT2D eigenvalue weighted by Gasteiger charge is 2.12. The number of hydrazone groups is 1. The van der Waals surface area contributed by atoms with Crippen LogP contribution in [0.15, 0.2) is 70.7 Å². The molecule has 0 aliphatic heterocycles. The first kappa shape index (κ1) is 20.1. The SMILES string of the molecule is O=C(N/N=C\c1ccccc1Cl)c1cccn(Cc2ccc(Cl)c(Cl)c2)c1=O. The van der Waals surface area contributed by atoms with Crippen LogP contribution in [0.4, 0.5) is 0 Å². The highest BCUT2D eigenvalue weighted by Crippen LogP contribution is 2.22. The fourth-order valence-corrected chi connectivity index (χ4v) is 2.97. The van der Waals surface area contributed by atoms with E-state index in [9.17, 15) is 9.59 Å². The minimum absolute atomic E-state index is 0.0288. The highest BCUT2D eigenvalue weighted by atomic mass is 35.5. The van der Waals surface area contributed by atoms with Gasteiger partial charge in [0.2, 0.25) is 0 Å². The Morgan fingerprint density at radius 2 is 1.79 bits per heavy atom. The summed E-state index contributed by atoms with van der Waals surface area (Å²) in [5.74, 6) is -0.614. The number of pyridine rings is 1. The van der Waals surface area contributed by atoms with Crippen molar-refractivity contribution in [1.82, 2.24) is 9.99 Å². The molecule has 0 unspecified atom stereocenters. The average Bonchev–Trinajstić information content (AvgIpc) is 2.68. The summed E-state index contributed by atoms with van der Waals surface area (Å²) in [6.45, 7) is 0.250. The molecule has 142 valence electrons. The molecule has 0 bridgehead atoms. The molecule has 1 heterocycles. The van der Waals surface area contributed by atoms with E-state index in [1.54, 1.807) is 54.7 Å². The number of benzene rings is 2. The van der Waals surface area contributed by atoms with Gasteiger partial charge < -0.3 is 4.57 Å². The van der Waals surface area contributed by atoms with E-state index in [1.165, 1.54) is 16.8 Å². The number of halogens is 3. The van der Waals surface area contributed by atoms with Crippen LogP contribution in [0.1, 0.15) is 21.5 Å². The zero-order valence-corrected chi connectivity index (χ0v) is 16.7. The Kier molecular flexibility index (Phi) is 6.52. The van der Waals surface area contributed by atoms with Crippen molar-refractivity contribution in [3.8, 4) is 0 Å². The number of nitrogens with zero attached hydrogens (tertiary/aromatic N) is 2. The first-order chi connectivity index (χ1) is 13.5. The van der Waals surface area contributed by atoms with Crippen LogP contribution >= 0.6 is 34.8 Å². The second-order valence-corrected chi connectivity index (χ2v) is 7.05. The molecule has 28 heavy (non-hydrogen) atoms. The maximum absolute atomic E-state index is 12.6. The molecule has 8 heteroatoms. The molecule has 0 saturated heterocycles. The maximum Gasteiger partial charge on any atom is 0.276 e. The molecule has 0 fully saturated rings. The number of carbonyl (C=O) groups is 1. The number of amides is 1. The van der Waals surface area contributed by atoms with Crippen molar-refractivity contribution in [2.24, 2.45) is 5.10 Å². The maximum atomic E-state index is 12.6. The van der Waals surface area contributed by atoms with Gasteiger partial charge in [-0.1, -0.05) is 59.1 Å². The molecule has 0 atom stereocenters. The largest absolute Gasteiger partial charge is 0.310 e. The lowest BCUT2D eigenvalue weighted by Gasteiger charge is -2.08. The molecular formula is C20H14Cl3N3O2. The van der Waals surface area contributed by atoms with E-state index in [0.717, 1.165) is 5.56 Å². The van der Waals surface area contributed by atoms with E-state index in [-0.39, 0.29) is 12.1 Å². The first-order valence-electron chi connectivity index (χ1n) is 8.17. The van der Waals surface area contributed by atoms with Gasteiger partial charge in [0.1, 0.15) is 5.56 Å². The van der Waals surface area contributed by atoms with Gasteiger partial charge in [0.15, 0.2) is 0 Å². The molecule has 0 radical (unpaired) electrons. The van der Waals surface area contributed by atoms with Crippen LogP contribution in [0.5, 0.6) is 0 Å². The molecule has 0 aliphatic carbocycles. The summed E-state index contributed by atoms with van der Waals surface area (Å²) >= 11 is 17.9. The van der Waals surface area contributed by atoms with Gasteiger partial charge in [-0.25, -0.2) is 5.43 Å². The summed E-state index contributed by atoms with van der Waals surface area (Å²) in [4.78, 5) is 25.0. The van der Waals surface area contributed by atoms with Gasteiger partial charge in [-0.05, 0) is 35.9 Å². The van der Waals surface area contributed by atoms with Crippen LogP contribution in [-0.2, 0) is 6.54 Å². The fourth-order valence-electron chi connectivity index (χ4n) is 2.47. The van der Waals surface area contributed by atoms with E-state index >= 15 is 0 Å². The predicted octanol–water partition coefficient (Wildman–Crippen LogP) is 4.62. The number of carbonyl (C=O) groups excluding carboxylic acids is 1. The van der Waals surface area contributed by atoms with Crippen LogP contribution in [0.25, 0.3) is 0 Å². The molecule has 0 aliphatic rings. The van der Waals surface area contributed by atoms with Crippen LogP contribution in [0.3, 0.4) is 0 Å². The Balaban J connectivity index is 1.76. The third kappa shape index (κ3) is 4.81. The zero-order chi connectivity index (χ0) is 20.1. The molecule has 3 aromatic rings. The average molecular weight is 435 g/mol. The van der Waals surface area contributed by atoms with Gasteiger partial charge in [0, 0.05) is 16.8 Å². The van der Waals surface area contributed by atoms with Crippen LogP contribution in [-0.4, -0.2) is 16.7 Å². The molecule has 5 nitrogen and oxygen atoms in total. The van der Waals surface area contributed by atoms with E-state index in [2.05, 4.69) is 10.5 Å². The topological polar surface area (TPSA) is 63.5 Å². The first-order valence-corrected chi connectivity index (χ1v) is 9.30. The van der Waals surface area contributed by atoms with Gasteiger partial charge >= 0.3 is 0 Å². The Morgan fingerprint density at radius 3 is 2.54 bits per heavy atom. The van der Waals surface area contributed by atoms with Crippen molar-refractivity contribution >= 4 is 46.9 Å². The number of aromatic nitrogens is 1. The van der Waals surface area contributed by atoms with Gasteiger partial charge in [0.25, 0.3) is 11.5 Å². The van der Waals surface area contributed by atoms with Crippen molar-refractivity contribution < 1.29 is 4.79 Å². The second-order valence-electron chi connectivity index (χ2n) is 5.82. The number of hydrogen-bond donors (Lipinski definition) is 1. The van der Waals surface area contributed by atoms with E-state index in [4.69, 9.17) is 34.8 Å². The van der Waals surface area contributed by atoms with Crippen molar-refractivity contribution in [2.45, 2.75) is 6.54 Å². The molecule has 3 rings (SSSR count). The second kappa shape index (κ2) is 9.06. The Hall–Kier alpha value is -2.60. The summed E-state index contributed by atoms with van der Waals surface area (Å²) in [5.41, 5.74) is 3.30. The Morgan fingerprint density at radius 1 is 1.00 bits per heavy atom. The summed E-state index contributed by atoms with van der Waals surface area (Å²) in [5, 5.41) is 5.20. The summed E-state index contributed by atoms with van der Waals surface area (Å²) in [7, 11) is 0. The van der Waals surface area contributed by atoms with Gasteiger partial charge in [-0.15, -0.1) is 0 Å².